The lowest BCUT2D eigenvalue weighted by Gasteiger charge is -2.39. The number of amides is 1. The highest BCUT2D eigenvalue weighted by Crippen LogP contribution is 2.30. The third kappa shape index (κ3) is 3.44. The van der Waals surface area contributed by atoms with Crippen molar-refractivity contribution in [2.24, 2.45) is 0 Å². The first kappa shape index (κ1) is 16.9. The normalized spacial score (nSPS) is 17.6. The summed E-state index contributed by atoms with van der Waals surface area (Å²) < 4.78 is 0. The van der Waals surface area contributed by atoms with Gasteiger partial charge in [0.1, 0.15) is 0 Å². The maximum atomic E-state index is 12.8. The lowest BCUT2D eigenvalue weighted by atomic mass is 9.88. The molecule has 0 radical (unpaired) electrons. The van der Waals surface area contributed by atoms with Crippen molar-refractivity contribution < 1.29 is 4.79 Å². The molecule has 3 rings (SSSR count). The predicted octanol–water partition coefficient (Wildman–Crippen LogP) is 3.62. The molecule has 1 N–H and O–H groups in total. The van der Waals surface area contributed by atoms with Crippen molar-refractivity contribution in [2.45, 2.75) is 44.1 Å². The first-order chi connectivity index (χ1) is 11.6. The molecule has 1 aliphatic rings. The Kier molecular flexibility index (Phi) is 5.14. The van der Waals surface area contributed by atoms with Crippen LogP contribution in [0.25, 0.3) is 10.9 Å². The maximum Gasteiger partial charge on any atom is 0.253 e. The average Bonchev–Trinajstić information content (AvgIpc) is 2.86. The number of carbonyl (C=O) groups excluding carboxylic acids is 1. The molecule has 1 heterocycles. The number of hydrogen-bond acceptors (Lipinski definition) is 3. The molecule has 0 spiro atoms. The monoisotopic (exact) mass is 325 g/mol. The number of nitrogens with one attached hydrogen (secondary N) is 1. The Bertz CT molecular complexity index is 698. The zero-order valence-corrected chi connectivity index (χ0v) is 14.7. The molecule has 0 bridgehead atoms. The lowest BCUT2D eigenvalue weighted by Crippen LogP contribution is -2.52. The average molecular weight is 325 g/mol. The molecular formula is C20H27N3O. The highest BCUT2D eigenvalue weighted by atomic mass is 16.1. The maximum absolute atomic E-state index is 12.8. The minimum atomic E-state index is -0.0234. The fourth-order valence-corrected chi connectivity index (χ4v) is 3.80. The van der Waals surface area contributed by atoms with Crippen molar-refractivity contribution in [1.82, 2.24) is 15.2 Å². The van der Waals surface area contributed by atoms with Gasteiger partial charge >= 0.3 is 0 Å². The number of likely N-dealkylation sites (N-methyl/N-ethyl adjacent to an activating group) is 1. The van der Waals surface area contributed by atoms with Gasteiger partial charge in [0.05, 0.1) is 11.1 Å². The van der Waals surface area contributed by atoms with E-state index in [1.807, 2.05) is 30.3 Å². The summed E-state index contributed by atoms with van der Waals surface area (Å²) in [5, 5.41) is 4.19. The standard InChI is InChI=1S/C20H27N3O/c1-23(2)20(12-5-3-4-6-13-20)15-22-19(24)17-11-7-9-16-10-8-14-21-18(16)17/h7-11,14H,3-6,12-13,15H2,1-2H3,(H,22,24). The summed E-state index contributed by atoms with van der Waals surface area (Å²) in [5.74, 6) is -0.0234. The van der Waals surface area contributed by atoms with E-state index in [-0.39, 0.29) is 11.4 Å². The van der Waals surface area contributed by atoms with Crippen LogP contribution in [0.4, 0.5) is 0 Å². The molecule has 0 atom stereocenters. The van der Waals surface area contributed by atoms with E-state index in [9.17, 15) is 4.79 Å². The Balaban J connectivity index is 1.78. The Morgan fingerprint density at radius 3 is 2.54 bits per heavy atom. The second-order valence-corrected chi connectivity index (χ2v) is 7.10. The van der Waals surface area contributed by atoms with Crippen molar-refractivity contribution in [2.75, 3.05) is 20.6 Å². The van der Waals surface area contributed by atoms with Gasteiger partial charge in [0.2, 0.25) is 0 Å². The van der Waals surface area contributed by atoms with E-state index in [1.54, 1.807) is 6.20 Å². The third-order valence-electron chi connectivity index (χ3n) is 5.44. The molecule has 4 heteroatoms. The predicted molar refractivity (Wildman–Crippen MR) is 98.2 cm³/mol. The molecule has 0 aliphatic heterocycles. The van der Waals surface area contributed by atoms with Gasteiger partial charge in [-0.1, -0.05) is 43.9 Å². The number of carbonyl (C=O) groups is 1. The zero-order valence-electron chi connectivity index (χ0n) is 14.7. The molecule has 1 aromatic heterocycles. The molecule has 1 saturated carbocycles. The van der Waals surface area contributed by atoms with Crippen molar-refractivity contribution in [3.63, 3.8) is 0 Å². The largest absolute Gasteiger partial charge is 0.350 e. The van der Waals surface area contributed by atoms with Crippen molar-refractivity contribution in [1.29, 1.82) is 0 Å². The molecule has 0 saturated heterocycles. The second-order valence-electron chi connectivity index (χ2n) is 7.10. The summed E-state index contributed by atoms with van der Waals surface area (Å²) in [6.07, 6.45) is 9.12. The van der Waals surface area contributed by atoms with E-state index in [0.717, 1.165) is 23.7 Å². The number of para-hydroxylation sites is 1. The van der Waals surface area contributed by atoms with Gasteiger partial charge in [0.25, 0.3) is 5.91 Å². The minimum Gasteiger partial charge on any atom is -0.350 e. The van der Waals surface area contributed by atoms with Gasteiger partial charge in [-0.05, 0) is 39.1 Å². The summed E-state index contributed by atoms with van der Waals surface area (Å²) in [5.41, 5.74) is 1.51. The highest BCUT2D eigenvalue weighted by Gasteiger charge is 2.33. The van der Waals surface area contributed by atoms with E-state index >= 15 is 0 Å². The van der Waals surface area contributed by atoms with Gasteiger partial charge in [-0.15, -0.1) is 0 Å². The molecule has 1 aromatic carbocycles. The number of rotatable bonds is 4. The van der Waals surface area contributed by atoms with Crippen molar-refractivity contribution in [3.05, 3.63) is 42.1 Å². The Morgan fingerprint density at radius 2 is 1.83 bits per heavy atom. The van der Waals surface area contributed by atoms with Crippen LogP contribution in [-0.2, 0) is 0 Å². The van der Waals surface area contributed by atoms with Gasteiger partial charge < -0.3 is 10.2 Å². The quantitative estimate of drug-likeness (QED) is 0.873. The molecule has 1 amide bonds. The van der Waals surface area contributed by atoms with Crippen LogP contribution in [0.2, 0.25) is 0 Å². The molecule has 128 valence electrons. The van der Waals surface area contributed by atoms with Gasteiger partial charge in [-0.2, -0.15) is 0 Å². The number of fused-ring (bicyclic) bond motifs is 1. The molecular weight excluding hydrogens is 298 g/mol. The second kappa shape index (κ2) is 7.31. The molecule has 2 aromatic rings. The molecule has 4 nitrogen and oxygen atoms in total. The minimum absolute atomic E-state index is 0.0234. The zero-order chi connectivity index (χ0) is 17.0. The SMILES string of the molecule is CN(C)C1(CNC(=O)c2cccc3cccnc23)CCCCCC1. The Hall–Kier alpha value is -1.94. The third-order valence-corrected chi connectivity index (χ3v) is 5.44. The topological polar surface area (TPSA) is 45.2 Å². The number of pyridine rings is 1. The molecule has 0 unspecified atom stereocenters. The van der Waals surface area contributed by atoms with E-state index in [2.05, 4.69) is 29.3 Å². The first-order valence-electron chi connectivity index (χ1n) is 8.92. The van der Waals surface area contributed by atoms with Gasteiger partial charge in [0.15, 0.2) is 0 Å². The number of nitrogens with zero attached hydrogens (tertiary/aromatic N) is 2. The van der Waals surface area contributed by atoms with E-state index in [0.29, 0.717) is 12.1 Å². The van der Waals surface area contributed by atoms with Crippen LogP contribution in [0.3, 0.4) is 0 Å². The van der Waals surface area contributed by atoms with Crippen LogP contribution < -0.4 is 5.32 Å². The Morgan fingerprint density at radius 1 is 1.12 bits per heavy atom. The van der Waals surface area contributed by atoms with E-state index < -0.39 is 0 Å². The van der Waals surface area contributed by atoms with Gasteiger partial charge in [0, 0.05) is 23.7 Å². The molecule has 1 fully saturated rings. The summed E-state index contributed by atoms with van der Waals surface area (Å²) in [6.45, 7) is 0.696. The van der Waals surface area contributed by atoms with Crippen LogP contribution in [0, 0.1) is 0 Å². The van der Waals surface area contributed by atoms with Crippen LogP contribution >= 0.6 is 0 Å². The van der Waals surface area contributed by atoms with Crippen LogP contribution in [0.5, 0.6) is 0 Å². The smallest absolute Gasteiger partial charge is 0.253 e. The number of hydrogen-bond donors (Lipinski definition) is 1. The molecule has 24 heavy (non-hydrogen) atoms. The molecule has 1 aliphatic carbocycles. The highest BCUT2D eigenvalue weighted by molar-refractivity contribution is 6.05. The summed E-state index contributed by atoms with van der Waals surface area (Å²) in [6, 6.07) is 9.67. The van der Waals surface area contributed by atoms with Crippen LogP contribution in [0.1, 0.15) is 48.9 Å². The van der Waals surface area contributed by atoms with Crippen LogP contribution in [-0.4, -0.2) is 42.0 Å². The number of benzene rings is 1. The lowest BCUT2D eigenvalue weighted by molar-refractivity contribution is 0.0870. The van der Waals surface area contributed by atoms with Gasteiger partial charge in [-0.3, -0.25) is 9.78 Å². The van der Waals surface area contributed by atoms with E-state index in [1.165, 1.54) is 25.7 Å². The first-order valence-corrected chi connectivity index (χ1v) is 8.92. The van der Waals surface area contributed by atoms with Crippen molar-refractivity contribution in [3.8, 4) is 0 Å². The summed E-state index contributed by atoms with van der Waals surface area (Å²) >= 11 is 0. The summed E-state index contributed by atoms with van der Waals surface area (Å²) in [4.78, 5) is 19.5. The Labute approximate surface area is 144 Å². The van der Waals surface area contributed by atoms with Gasteiger partial charge in [-0.25, -0.2) is 0 Å². The fourth-order valence-electron chi connectivity index (χ4n) is 3.80. The van der Waals surface area contributed by atoms with Crippen LogP contribution in [0.15, 0.2) is 36.5 Å². The number of aromatic nitrogens is 1. The fraction of sp³-hybridized carbons (Fsp3) is 0.500. The van der Waals surface area contributed by atoms with E-state index in [4.69, 9.17) is 0 Å². The van der Waals surface area contributed by atoms with Crippen molar-refractivity contribution >= 4 is 16.8 Å². The summed E-state index contributed by atoms with van der Waals surface area (Å²) in [7, 11) is 4.27.